The third kappa shape index (κ3) is 5.06. The molecule has 0 saturated carbocycles. The lowest BCUT2D eigenvalue weighted by Gasteiger charge is -2.20. The van der Waals surface area contributed by atoms with Gasteiger partial charge in [0.15, 0.2) is 0 Å². The molecule has 0 aromatic heterocycles. The third-order valence-electron chi connectivity index (χ3n) is 3.08. The van der Waals surface area contributed by atoms with Crippen LogP contribution in [0.25, 0.3) is 0 Å². The fourth-order valence-electron chi connectivity index (χ4n) is 2.40. The third-order valence-corrected chi connectivity index (χ3v) is 6.40. The van der Waals surface area contributed by atoms with Crippen molar-refractivity contribution in [2.45, 2.75) is 27.2 Å². The molecule has 1 aromatic carbocycles. The normalized spacial score (nSPS) is 11.2. The van der Waals surface area contributed by atoms with Gasteiger partial charge in [0.05, 0.1) is 0 Å². The summed E-state index contributed by atoms with van der Waals surface area (Å²) in [6, 6.07) is 5.22. The molecule has 0 aliphatic heterocycles. The molecule has 3 heteroatoms. The second-order valence-electron chi connectivity index (χ2n) is 6.07. The average Bonchev–Trinajstić information content (AvgIpc) is 2.28. The molecule has 0 amide bonds. The van der Waals surface area contributed by atoms with Gasteiger partial charge in [0.2, 0.25) is 0 Å². The van der Waals surface area contributed by atoms with Crippen LogP contribution in [0, 0.1) is 0 Å². The largest absolute Gasteiger partial charge is 0.508 e. The summed E-state index contributed by atoms with van der Waals surface area (Å²) >= 11 is 0. The predicted molar refractivity (Wildman–Crippen MR) is 93.2 cm³/mol. The van der Waals surface area contributed by atoms with Crippen LogP contribution in [0.3, 0.4) is 0 Å². The number of benzene rings is 1. The van der Waals surface area contributed by atoms with Crippen molar-refractivity contribution in [3.8, 4) is 5.75 Å². The number of aromatic hydroxyl groups is 1. The number of rotatable bonds is 7. The maximum atomic E-state index is 13.4. The molecule has 1 N–H and O–H groups in total. The lowest BCUT2D eigenvalue weighted by molar-refractivity contribution is 0.469. The molecule has 0 bridgehead atoms. The van der Waals surface area contributed by atoms with Crippen LogP contribution in [0.1, 0.15) is 26.3 Å². The molecule has 0 saturated heterocycles. The Morgan fingerprint density at radius 1 is 1.05 bits per heavy atom. The Bertz CT molecular complexity index is 606. The zero-order chi connectivity index (χ0) is 16.2. The van der Waals surface area contributed by atoms with E-state index in [0.717, 1.165) is 27.6 Å². The summed E-state index contributed by atoms with van der Waals surface area (Å²) in [5.41, 5.74) is 3.52. The van der Waals surface area contributed by atoms with Crippen molar-refractivity contribution in [2.24, 2.45) is 0 Å². The van der Waals surface area contributed by atoms with E-state index in [9.17, 15) is 9.67 Å². The van der Waals surface area contributed by atoms with Crippen LogP contribution in [0.2, 0.25) is 0 Å². The van der Waals surface area contributed by atoms with Crippen molar-refractivity contribution in [3.05, 3.63) is 60.2 Å². The first-order chi connectivity index (χ1) is 9.64. The molecule has 1 rings (SSSR count). The van der Waals surface area contributed by atoms with Crippen molar-refractivity contribution >= 4 is 12.4 Å². The summed E-state index contributed by atoms with van der Waals surface area (Å²) in [5.74, 6) is 0.221. The maximum absolute atomic E-state index is 13.4. The molecule has 0 atom stereocenters. The van der Waals surface area contributed by atoms with Gasteiger partial charge in [-0.2, -0.15) is 0 Å². The molecular formula is C18H25O2P. The SMILES string of the molecule is C=C(C)Cc1cc(P(=O)(CC(=C)C)CC(=C)C)ccc1O. The molecule has 0 unspecified atom stereocenters. The van der Waals surface area contributed by atoms with E-state index in [1.807, 2.05) is 26.8 Å². The van der Waals surface area contributed by atoms with E-state index in [4.69, 9.17) is 0 Å². The summed E-state index contributed by atoms with van der Waals surface area (Å²) in [4.78, 5) is 0. The van der Waals surface area contributed by atoms with E-state index < -0.39 is 7.14 Å². The Morgan fingerprint density at radius 3 is 2.00 bits per heavy atom. The van der Waals surface area contributed by atoms with Crippen LogP contribution < -0.4 is 5.30 Å². The zero-order valence-electron chi connectivity index (χ0n) is 13.3. The molecule has 0 aliphatic carbocycles. The van der Waals surface area contributed by atoms with Crippen LogP contribution >= 0.6 is 7.14 Å². The van der Waals surface area contributed by atoms with E-state index in [1.54, 1.807) is 12.1 Å². The lowest BCUT2D eigenvalue weighted by atomic mass is 10.1. The zero-order valence-corrected chi connectivity index (χ0v) is 14.2. The molecule has 0 fully saturated rings. The quantitative estimate of drug-likeness (QED) is 0.588. The number of phenolic OH excluding ortho intramolecular Hbond substituents is 1. The Morgan fingerprint density at radius 2 is 1.57 bits per heavy atom. The first-order valence-electron chi connectivity index (χ1n) is 6.98. The Labute approximate surface area is 128 Å². The number of hydrogen-bond donors (Lipinski definition) is 1. The fraction of sp³-hybridized carbons (Fsp3) is 0.333. The van der Waals surface area contributed by atoms with E-state index in [1.165, 1.54) is 0 Å². The van der Waals surface area contributed by atoms with Crippen LogP contribution in [0.5, 0.6) is 5.75 Å². The first-order valence-corrected chi connectivity index (χ1v) is 9.05. The van der Waals surface area contributed by atoms with Gasteiger partial charge in [0.25, 0.3) is 0 Å². The molecule has 1 aromatic rings. The van der Waals surface area contributed by atoms with Gasteiger partial charge >= 0.3 is 0 Å². The van der Waals surface area contributed by atoms with Crippen LogP contribution in [-0.2, 0) is 11.0 Å². The summed E-state index contributed by atoms with van der Waals surface area (Å²) < 4.78 is 13.4. The van der Waals surface area contributed by atoms with Gasteiger partial charge in [-0.3, -0.25) is 0 Å². The highest BCUT2D eigenvalue weighted by atomic mass is 31.2. The summed E-state index contributed by atoms with van der Waals surface area (Å²) in [7, 11) is -2.61. The van der Waals surface area contributed by atoms with Gasteiger partial charge in [-0.05, 0) is 51.0 Å². The minimum Gasteiger partial charge on any atom is -0.508 e. The fourth-order valence-corrected chi connectivity index (χ4v) is 5.36. The Kier molecular flexibility index (Phi) is 5.80. The van der Waals surface area contributed by atoms with Gasteiger partial charge in [0, 0.05) is 17.6 Å². The lowest BCUT2D eigenvalue weighted by Crippen LogP contribution is -2.13. The van der Waals surface area contributed by atoms with Crippen LogP contribution in [0.15, 0.2) is 54.7 Å². The second kappa shape index (κ2) is 6.95. The van der Waals surface area contributed by atoms with Crippen LogP contribution in [0.4, 0.5) is 0 Å². The molecule has 0 radical (unpaired) electrons. The second-order valence-corrected chi connectivity index (χ2v) is 8.99. The first kappa shape index (κ1) is 17.5. The Hall–Kier alpha value is -1.53. The highest BCUT2D eigenvalue weighted by Crippen LogP contribution is 2.47. The minimum absolute atomic E-state index is 0.221. The van der Waals surface area contributed by atoms with Gasteiger partial charge in [-0.15, -0.1) is 0 Å². The highest BCUT2D eigenvalue weighted by Gasteiger charge is 2.25. The highest BCUT2D eigenvalue weighted by molar-refractivity contribution is 7.72. The topological polar surface area (TPSA) is 37.3 Å². The van der Waals surface area contributed by atoms with E-state index in [2.05, 4.69) is 19.7 Å². The number of allylic oxidation sites excluding steroid dienone is 3. The van der Waals surface area contributed by atoms with Crippen molar-refractivity contribution in [1.82, 2.24) is 0 Å². The van der Waals surface area contributed by atoms with Crippen LogP contribution in [-0.4, -0.2) is 17.4 Å². The summed E-state index contributed by atoms with van der Waals surface area (Å²) in [6.45, 7) is 17.4. The van der Waals surface area contributed by atoms with Crippen molar-refractivity contribution in [2.75, 3.05) is 12.3 Å². The molecule has 114 valence electrons. The van der Waals surface area contributed by atoms with Gasteiger partial charge in [0.1, 0.15) is 12.9 Å². The van der Waals surface area contributed by atoms with E-state index in [0.29, 0.717) is 18.7 Å². The molecule has 2 nitrogen and oxygen atoms in total. The minimum atomic E-state index is -2.61. The molecule has 0 aliphatic rings. The van der Waals surface area contributed by atoms with Crippen molar-refractivity contribution in [3.63, 3.8) is 0 Å². The molecule has 21 heavy (non-hydrogen) atoms. The summed E-state index contributed by atoms with van der Waals surface area (Å²) in [6.07, 6.45) is 1.52. The molecule has 0 heterocycles. The molecular weight excluding hydrogens is 279 g/mol. The van der Waals surface area contributed by atoms with Crippen molar-refractivity contribution < 1.29 is 9.67 Å². The number of phenols is 1. The van der Waals surface area contributed by atoms with Gasteiger partial charge in [-0.1, -0.05) is 36.5 Å². The maximum Gasteiger partial charge on any atom is 0.123 e. The predicted octanol–water partition coefficient (Wildman–Crippen LogP) is 4.65. The molecule has 0 spiro atoms. The van der Waals surface area contributed by atoms with Crippen molar-refractivity contribution in [1.29, 1.82) is 0 Å². The number of hydrogen-bond acceptors (Lipinski definition) is 2. The average molecular weight is 304 g/mol. The summed E-state index contributed by atoms with van der Waals surface area (Å²) in [5, 5.41) is 10.7. The standard InChI is InChI=1S/C18H25O2P/c1-13(2)9-16-10-17(7-8-18(16)19)21(20,11-14(3)4)12-15(5)6/h7-8,10,19H,1,3,5,9,11-12H2,2,4,6H3. The van der Waals surface area contributed by atoms with Gasteiger partial charge < -0.3 is 9.67 Å². The van der Waals surface area contributed by atoms with Gasteiger partial charge in [-0.25, -0.2) is 0 Å². The Balaban J connectivity index is 3.31. The van der Waals surface area contributed by atoms with E-state index >= 15 is 0 Å². The monoisotopic (exact) mass is 304 g/mol. The smallest absolute Gasteiger partial charge is 0.123 e. The van der Waals surface area contributed by atoms with E-state index in [-0.39, 0.29) is 5.75 Å².